The minimum atomic E-state index is -0.337. The molecule has 1 unspecified atom stereocenters. The minimum Gasteiger partial charge on any atom is -0.316 e. The maximum atomic E-state index is 12.9. The van der Waals surface area contributed by atoms with Crippen LogP contribution in [-0.4, -0.2) is 28.7 Å². The molecule has 1 atom stereocenters. The molecule has 0 radical (unpaired) electrons. The monoisotopic (exact) mass is 269 g/mol. The molecular weight excluding hydrogens is 250 g/mol. The molecule has 4 nitrogen and oxygen atoms in total. The lowest BCUT2D eigenvalue weighted by Crippen LogP contribution is -2.39. The lowest BCUT2D eigenvalue weighted by molar-refractivity contribution is 0.0728. The van der Waals surface area contributed by atoms with Crippen LogP contribution in [0, 0.1) is 11.3 Å². The summed E-state index contributed by atoms with van der Waals surface area (Å²) >= 11 is 6.14. The van der Waals surface area contributed by atoms with Gasteiger partial charge in [0.15, 0.2) is 5.78 Å². The number of rotatable bonds is 4. The van der Waals surface area contributed by atoms with Crippen molar-refractivity contribution in [3.05, 3.63) is 16.9 Å². The molecular formula is C13H20ClN3O. The largest absolute Gasteiger partial charge is 0.316 e. The molecule has 5 heteroatoms. The average Bonchev–Trinajstić information content (AvgIpc) is 2.95. The summed E-state index contributed by atoms with van der Waals surface area (Å²) in [4.78, 5) is 12.9. The molecule has 1 aromatic rings. The van der Waals surface area contributed by atoms with Crippen LogP contribution in [0.1, 0.15) is 37.7 Å². The summed E-state index contributed by atoms with van der Waals surface area (Å²) in [6.07, 6.45) is 2.43. The van der Waals surface area contributed by atoms with Crippen LogP contribution in [-0.2, 0) is 6.54 Å². The minimum absolute atomic E-state index is 0.131. The van der Waals surface area contributed by atoms with Crippen molar-refractivity contribution in [1.29, 1.82) is 0 Å². The molecule has 0 aromatic carbocycles. The molecule has 1 N–H and O–H groups in total. The summed E-state index contributed by atoms with van der Waals surface area (Å²) in [5.41, 5.74) is 0.230. The Bertz CT molecular complexity index is 447. The van der Waals surface area contributed by atoms with Crippen LogP contribution in [0.2, 0.25) is 5.02 Å². The number of halogens is 1. The number of Topliss-reactive ketones (excluding diaryl/α,β-unsaturated/α-hetero) is 1. The Kier molecular flexibility index (Phi) is 3.78. The fourth-order valence-electron chi connectivity index (χ4n) is 2.72. The van der Waals surface area contributed by atoms with Crippen LogP contribution in [0.15, 0.2) is 6.20 Å². The van der Waals surface area contributed by atoms with Gasteiger partial charge in [-0.15, -0.1) is 0 Å². The SMILES string of the molecule is CCn1ncc(Cl)c1C(=O)C1(C(C)C)CCNC1. The van der Waals surface area contributed by atoms with Gasteiger partial charge in [-0.25, -0.2) is 0 Å². The predicted octanol–water partition coefficient (Wildman–Crippen LogP) is 2.37. The van der Waals surface area contributed by atoms with Crippen molar-refractivity contribution in [2.75, 3.05) is 13.1 Å². The number of hydrogen-bond donors (Lipinski definition) is 1. The highest BCUT2D eigenvalue weighted by Gasteiger charge is 2.45. The van der Waals surface area contributed by atoms with E-state index < -0.39 is 0 Å². The summed E-state index contributed by atoms with van der Waals surface area (Å²) < 4.78 is 1.70. The Morgan fingerprint density at radius 1 is 1.67 bits per heavy atom. The molecule has 18 heavy (non-hydrogen) atoms. The number of carbonyl (C=O) groups is 1. The van der Waals surface area contributed by atoms with E-state index in [1.807, 2.05) is 6.92 Å². The summed E-state index contributed by atoms with van der Waals surface area (Å²) in [7, 11) is 0. The van der Waals surface area contributed by atoms with Gasteiger partial charge in [-0.2, -0.15) is 5.10 Å². The van der Waals surface area contributed by atoms with E-state index in [9.17, 15) is 4.79 Å². The first-order valence-electron chi connectivity index (χ1n) is 6.49. The van der Waals surface area contributed by atoms with Crippen molar-refractivity contribution in [3.63, 3.8) is 0 Å². The number of nitrogens with one attached hydrogen (secondary N) is 1. The van der Waals surface area contributed by atoms with Crippen molar-refractivity contribution in [2.24, 2.45) is 11.3 Å². The quantitative estimate of drug-likeness (QED) is 0.854. The second kappa shape index (κ2) is 5.02. The topological polar surface area (TPSA) is 46.9 Å². The Morgan fingerprint density at radius 2 is 2.39 bits per heavy atom. The standard InChI is InChI=1S/C13H20ClN3O/c1-4-17-11(10(14)7-16-17)12(18)13(9(2)3)5-6-15-8-13/h7,9,15H,4-6,8H2,1-3H3. The van der Waals surface area contributed by atoms with E-state index in [0.29, 0.717) is 17.3 Å². The van der Waals surface area contributed by atoms with Gasteiger partial charge in [-0.05, 0) is 25.8 Å². The van der Waals surface area contributed by atoms with E-state index in [4.69, 9.17) is 11.6 Å². The van der Waals surface area contributed by atoms with Crippen molar-refractivity contribution in [2.45, 2.75) is 33.7 Å². The highest BCUT2D eigenvalue weighted by molar-refractivity contribution is 6.33. The van der Waals surface area contributed by atoms with Crippen LogP contribution < -0.4 is 5.32 Å². The molecule has 0 saturated carbocycles. The van der Waals surface area contributed by atoms with Crippen molar-refractivity contribution in [1.82, 2.24) is 15.1 Å². The first kappa shape index (κ1) is 13.6. The van der Waals surface area contributed by atoms with E-state index in [2.05, 4.69) is 24.3 Å². The smallest absolute Gasteiger partial charge is 0.190 e. The molecule has 0 amide bonds. The van der Waals surface area contributed by atoms with Gasteiger partial charge in [0.2, 0.25) is 0 Å². The van der Waals surface area contributed by atoms with Gasteiger partial charge in [-0.3, -0.25) is 9.48 Å². The van der Waals surface area contributed by atoms with Crippen LogP contribution >= 0.6 is 11.6 Å². The van der Waals surface area contributed by atoms with Crippen LogP contribution in [0.4, 0.5) is 0 Å². The van der Waals surface area contributed by atoms with Gasteiger partial charge < -0.3 is 5.32 Å². The number of ketones is 1. The van der Waals surface area contributed by atoms with Crippen molar-refractivity contribution < 1.29 is 4.79 Å². The molecule has 0 spiro atoms. The molecule has 2 rings (SSSR count). The zero-order chi connectivity index (χ0) is 13.3. The van der Waals surface area contributed by atoms with E-state index in [0.717, 1.165) is 19.5 Å². The molecule has 2 heterocycles. The maximum Gasteiger partial charge on any atom is 0.190 e. The molecule has 1 aromatic heterocycles. The van der Waals surface area contributed by atoms with E-state index in [-0.39, 0.29) is 17.1 Å². The van der Waals surface area contributed by atoms with E-state index in [1.54, 1.807) is 10.9 Å². The van der Waals surface area contributed by atoms with Crippen molar-refractivity contribution in [3.8, 4) is 0 Å². The Balaban J connectivity index is 2.43. The van der Waals surface area contributed by atoms with Gasteiger partial charge in [0, 0.05) is 13.1 Å². The Hall–Kier alpha value is -0.870. The summed E-state index contributed by atoms with van der Waals surface area (Å²) in [5, 5.41) is 7.93. The number of aromatic nitrogens is 2. The lowest BCUT2D eigenvalue weighted by Gasteiger charge is -2.31. The Morgan fingerprint density at radius 3 is 2.89 bits per heavy atom. The van der Waals surface area contributed by atoms with Gasteiger partial charge in [0.25, 0.3) is 0 Å². The van der Waals surface area contributed by atoms with Gasteiger partial charge in [0.1, 0.15) is 5.69 Å². The summed E-state index contributed by atoms with van der Waals surface area (Å²) in [5.74, 6) is 0.420. The number of nitrogens with zero attached hydrogens (tertiary/aromatic N) is 2. The van der Waals surface area contributed by atoms with E-state index in [1.165, 1.54) is 0 Å². The summed E-state index contributed by atoms with van der Waals surface area (Å²) in [6.45, 7) is 8.46. The predicted molar refractivity (Wildman–Crippen MR) is 72.0 cm³/mol. The lowest BCUT2D eigenvalue weighted by atomic mass is 9.72. The van der Waals surface area contributed by atoms with E-state index >= 15 is 0 Å². The molecule has 0 aliphatic carbocycles. The third-order valence-electron chi connectivity index (χ3n) is 4.06. The van der Waals surface area contributed by atoms with Crippen LogP contribution in [0.3, 0.4) is 0 Å². The molecule has 100 valence electrons. The second-order valence-corrected chi connectivity index (χ2v) is 5.63. The molecule has 1 saturated heterocycles. The second-order valence-electron chi connectivity index (χ2n) is 5.22. The number of hydrogen-bond acceptors (Lipinski definition) is 3. The van der Waals surface area contributed by atoms with Gasteiger partial charge >= 0.3 is 0 Å². The first-order chi connectivity index (χ1) is 8.53. The van der Waals surface area contributed by atoms with Crippen LogP contribution in [0.5, 0.6) is 0 Å². The van der Waals surface area contributed by atoms with Crippen LogP contribution in [0.25, 0.3) is 0 Å². The fraction of sp³-hybridized carbons (Fsp3) is 0.692. The average molecular weight is 270 g/mol. The number of aryl methyl sites for hydroxylation is 1. The maximum absolute atomic E-state index is 12.9. The van der Waals surface area contributed by atoms with Crippen molar-refractivity contribution >= 4 is 17.4 Å². The number of carbonyl (C=O) groups excluding carboxylic acids is 1. The Labute approximate surface area is 113 Å². The highest BCUT2D eigenvalue weighted by atomic mass is 35.5. The third-order valence-corrected chi connectivity index (χ3v) is 4.33. The zero-order valence-corrected chi connectivity index (χ0v) is 11.9. The molecule has 1 fully saturated rings. The summed E-state index contributed by atoms with van der Waals surface area (Å²) in [6, 6.07) is 0. The fourth-order valence-corrected chi connectivity index (χ4v) is 2.95. The van der Waals surface area contributed by atoms with Gasteiger partial charge in [0.05, 0.1) is 16.6 Å². The van der Waals surface area contributed by atoms with Gasteiger partial charge in [-0.1, -0.05) is 25.4 Å². The molecule has 0 bridgehead atoms. The normalized spacial score (nSPS) is 23.8. The molecule has 1 aliphatic heterocycles. The first-order valence-corrected chi connectivity index (χ1v) is 6.87. The zero-order valence-electron chi connectivity index (χ0n) is 11.2. The highest BCUT2D eigenvalue weighted by Crippen LogP contribution is 2.38. The third kappa shape index (κ3) is 1.97. The molecule has 1 aliphatic rings.